The summed E-state index contributed by atoms with van der Waals surface area (Å²) in [6.07, 6.45) is 6.24. The van der Waals surface area contributed by atoms with E-state index in [0.29, 0.717) is 24.5 Å². The lowest BCUT2D eigenvalue weighted by molar-refractivity contribution is -0.104. The lowest BCUT2D eigenvalue weighted by Gasteiger charge is -2.48. The molecule has 4 rings (SSSR count). The van der Waals surface area contributed by atoms with Crippen molar-refractivity contribution >= 4 is 5.91 Å². The molecule has 2 aliphatic heterocycles. The third-order valence-corrected chi connectivity index (χ3v) is 5.07. The Hall–Kier alpha value is -1.33. The van der Waals surface area contributed by atoms with E-state index in [1.807, 2.05) is 11.8 Å². The van der Waals surface area contributed by atoms with Gasteiger partial charge in [-0.1, -0.05) is 0 Å². The summed E-state index contributed by atoms with van der Waals surface area (Å²) in [5.74, 6) is 1.55. The normalized spacial score (nSPS) is 31.3. The number of amides is 1. The topological polar surface area (TPSA) is 51.9 Å². The lowest BCUT2D eigenvalue weighted by Crippen LogP contribution is -2.60. The van der Waals surface area contributed by atoms with Gasteiger partial charge in [0.1, 0.15) is 5.76 Å². The van der Waals surface area contributed by atoms with Gasteiger partial charge in [-0.25, -0.2) is 0 Å². The summed E-state index contributed by atoms with van der Waals surface area (Å²) in [5, 5.41) is 0. The number of rotatable bonds is 4. The molecule has 3 heterocycles. The average molecular weight is 305 g/mol. The van der Waals surface area contributed by atoms with Gasteiger partial charge in [0.05, 0.1) is 43.2 Å². The molecule has 22 heavy (non-hydrogen) atoms. The molecular formula is C17H23NO4. The first-order chi connectivity index (χ1) is 10.7. The molecule has 3 aliphatic rings. The van der Waals surface area contributed by atoms with Gasteiger partial charge in [0.2, 0.25) is 0 Å². The SMILES string of the molecule is Cc1occc1C(=O)N1[C@H]2COC[C@H]1CC(OCC1CC1)C2. The van der Waals surface area contributed by atoms with Crippen molar-refractivity contribution in [1.29, 1.82) is 0 Å². The molecule has 120 valence electrons. The first-order valence-electron chi connectivity index (χ1n) is 8.28. The third-order valence-electron chi connectivity index (χ3n) is 5.07. The van der Waals surface area contributed by atoms with E-state index in [1.165, 1.54) is 12.8 Å². The van der Waals surface area contributed by atoms with Crippen LogP contribution in [0.4, 0.5) is 0 Å². The van der Waals surface area contributed by atoms with E-state index in [-0.39, 0.29) is 24.1 Å². The highest BCUT2D eigenvalue weighted by atomic mass is 16.5. The van der Waals surface area contributed by atoms with Gasteiger partial charge in [-0.2, -0.15) is 0 Å². The molecule has 2 bridgehead atoms. The molecule has 2 atom stereocenters. The Bertz CT molecular complexity index is 537. The van der Waals surface area contributed by atoms with Gasteiger partial charge in [0.15, 0.2) is 0 Å². The predicted octanol–water partition coefficient (Wildman–Crippen LogP) is 2.39. The fourth-order valence-corrected chi connectivity index (χ4v) is 3.64. The van der Waals surface area contributed by atoms with Gasteiger partial charge in [-0.3, -0.25) is 4.79 Å². The second kappa shape index (κ2) is 5.70. The van der Waals surface area contributed by atoms with Gasteiger partial charge in [0.25, 0.3) is 5.91 Å². The van der Waals surface area contributed by atoms with Crippen molar-refractivity contribution in [1.82, 2.24) is 4.90 Å². The maximum Gasteiger partial charge on any atom is 0.258 e. The highest BCUT2D eigenvalue weighted by Gasteiger charge is 2.43. The maximum absolute atomic E-state index is 12.8. The predicted molar refractivity (Wildman–Crippen MR) is 79.7 cm³/mol. The lowest BCUT2D eigenvalue weighted by atomic mass is 9.91. The van der Waals surface area contributed by atoms with Crippen LogP contribution in [0.2, 0.25) is 0 Å². The molecule has 5 heteroatoms. The number of hydrogen-bond donors (Lipinski definition) is 0. The van der Waals surface area contributed by atoms with Gasteiger partial charge >= 0.3 is 0 Å². The molecule has 2 saturated heterocycles. The zero-order valence-electron chi connectivity index (χ0n) is 13.0. The second-order valence-corrected chi connectivity index (χ2v) is 6.82. The van der Waals surface area contributed by atoms with Crippen LogP contribution in [-0.4, -0.2) is 48.8 Å². The fraction of sp³-hybridized carbons (Fsp3) is 0.706. The average Bonchev–Trinajstić information content (AvgIpc) is 3.23. The van der Waals surface area contributed by atoms with Gasteiger partial charge in [-0.15, -0.1) is 0 Å². The smallest absolute Gasteiger partial charge is 0.258 e. The molecule has 0 radical (unpaired) electrons. The van der Waals surface area contributed by atoms with Gasteiger partial charge in [-0.05, 0) is 44.6 Å². The van der Waals surface area contributed by atoms with Crippen LogP contribution >= 0.6 is 0 Å². The van der Waals surface area contributed by atoms with Crippen molar-refractivity contribution in [3.05, 3.63) is 23.7 Å². The molecule has 0 spiro atoms. The Balaban J connectivity index is 1.47. The minimum absolute atomic E-state index is 0.0743. The number of fused-ring (bicyclic) bond motifs is 2. The van der Waals surface area contributed by atoms with Crippen molar-refractivity contribution < 1.29 is 18.7 Å². The highest BCUT2D eigenvalue weighted by molar-refractivity contribution is 5.95. The largest absolute Gasteiger partial charge is 0.469 e. The van der Waals surface area contributed by atoms with E-state index < -0.39 is 0 Å². The Morgan fingerprint density at radius 1 is 1.32 bits per heavy atom. The molecule has 1 aromatic rings. The molecule has 1 saturated carbocycles. The summed E-state index contributed by atoms with van der Waals surface area (Å²) in [4.78, 5) is 14.9. The quantitative estimate of drug-likeness (QED) is 0.857. The Labute approximate surface area is 130 Å². The first kappa shape index (κ1) is 14.3. The maximum atomic E-state index is 12.8. The van der Waals surface area contributed by atoms with Crippen LogP contribution < -0.4 is 0 Å². The molecule has 0 aromatic carbocycles. The van der Waals surface area contributed by atoms with Crippen LogP contribution in [0.15, 0.2) is 16.7 Å². The number of carbonyl (C=O) groups is 1. The van der Waals surface area contributed by atoms with E-state index >= 15 is 0 Å². The minimum atomic E-state index is 0.0743. The molecule has 0 unspecified atom stereocenters. The summed E-state index contributed by atoms with van der Waals surface area (Å²) in [5.41, 5.74) is 0.675. The van der Waals surface area contributed by atoms with Crippen LogP contribution in [0.5, 0.6) is 0 Å². The van der Waals surface area contributed by atoms with E-state index in [9.17, 15) is 4.79 Å². The molecule has 1 aromatic heterocycles. The Morgan fingerprint density at radius 2 is 2.05 bits per heavy atom. The van der Waals surface area contributed by atoms with E-state index in [4.69, 9.17) is 13.9 Å². The molecule has 0 N–H and O–H groups in total. The molecule has 1 aliphatic carbocycles. The first-order valence-corrected chi connectivity index (χ1v) is 8.28. The summed E-state index contributed by atoms with van der Waals surface area (Å²) >= 11 is 0. The molecule has 5 nitrogen and oxygen atoms in total. The van der Waals surface area contributed by atoms with Crippen LogP contribution in [0.25, 0.3) is 0 Å². The monoisotopic (exact) mass is 305 g/mol. The summed E-state index contributed by atoms with van der Waals surface area (Å²) in [6, 6.07) is 2.02. The van der Waals surface area contributed by atoms with Crippen molar-refractivity contribution in [2.45, 2.75) is 50.8 Å². The Kier molecular flexibility index (Phi) is 3.70. The van der Waals surface area contributed by atoms with E-state index in [0.717, 1.165) is 25.4 Å². The van der Waals surface area contributed by atoms with Gasteiger partial charge in [0, 0.05) is 6.61 Å². The molecule has 1 amide bonds. The zero-order valence-corrected chi connectivity index (χ0v) is 13.0. The zero-order chi connectivity index (χ0) is 15.1. The van der Waals surface area contributed by atoms with Gasteiger partial charge < -0.3 is 18.8 Å². The molecular weight excluding hydrogens is 282 g/mol. The minimum Gasteiger partial charge on any atom is -0.469 e. The number of hydrogen-bond acceptors (Lipinski definition) is 4. The van der Waals surface area contributed by atoms with Crippen molar-refractivity contribution in [3.8, 4) is 0 Å². The summed E-state index contributed by atoms with van der Waals surface area (Å²) < 4.78 is 17.0. The Morgan fingerprint density at radius 3 is 2.64 bits per heavy atom. The second-order valence-electron chi connectivity index (χ2n) is 6.82. The number of carbonyl (C=O) groups excluding carboxylic acids is 1. The summed E-state index contributed by atoms with van der Waals surface area (Å²) in [7, 11) is 0. The fourth-order valence-electron chi connectivity index (χ4n) is 3.64. The number of morpholine rings is 1. The van der Waals surface area contributed by atoms with Crippen molar-refractivity contribution in [3.63, 3.8) is 0 Å². The molecule has 3 fully saturated rings. The number of nitrogens with zero attached hydrogens (tertiary/aromatic N) is 1. The van der Waals surface area contributed by atoms with Crippen LogP contribution in [0.1, 0.15) is 41.8 Å². The number of ether oxygens (including phenoxy) is 2. The van der Waals surface area contributed by atoms with Crippen molar-refractivity contribution in [2.75, 3.05) is 19.8 Å². The van der Waals surface area contributed by atoms with Crippen LogP contribution in [0, 0.1) is 12.8 Å². The highest BCUT2D eigenvalue weighted by Crippen LogP contribution is 2.34. The van der Waals surface area contributed by atoms with Crippen LogP contribution in [-0.2, 0) is 9.47 Å². The number of aryl methyl sites for hydroxylation is 1. The standard InChI is InChI=1S/C17H23NO4/c1-11-16(4-5-21-11)17(19)18-13-6-15(22-8-12-2-3-12)7-14(18)10-20-9-13/h4-5,12-15H,2-3,6-10H2,1H3/t13-,14-/m1/s1. The number of piperidine rings is 1. The number of furan rings is 1. The van der Waals surface area contributed by atoms with E-state index in [1.54, 1.807) is 12.3 Å². The van der Waals surface area contributed by atoms with E-state index in [2.05, 4.69) is 0 Å². The summed E-state index contributed by atoms with van der Waals surface area (Å²) in [6.45, 7) is 3.95. The van der Waals surface area contributed by atoms with Crippen molar-refractivity contribution in [2.24, 2.45) is 5.92 Å². The third kappa shape index (κ3) is 2.68. The van der Waals surface area contributed by atoms with Crippen LogP contribution in [0.3, 0.4) is 0 Å².